The summed E-state index contributed by atoms with van der Waals surface area (Å²) in [6, 6.07) is 21.8. The number of nitrogens with zero attached hydrogens (tertiary/aromatic N) is 1. The molecule has 0 unspecified atom stereocenters. The highest BCUT2D eigenvalue weighted by molar-refractivity contribution is 7.14. The van der Waals surface area contributed by atoms with E-state index in [0.29, 0.717) is 11.8 Å². The fourth-order valence-electron chi connectivity index (χ4n) is 7.07. The first-order valence-electron chi connectivity index (χ1n) is 13.6. The minimum atomic E-state index is -0.0307. The van der Waals surface area contributed by atoms with Crippen molar-refractivity contribution < 1.29 is 57.2 Å². The monoisotopic (exact) mass is 608 g/mol. The van der Waals surface area contributed by atoms with Gasteiger partial charge in [-0.3, -0.25) is 4.79 Å². The molecule has 3 aromatic rings. The number of nitrogens with one attached hydrogen (secondary N) is 2. The second-order valence-electron chi connectivity index (χ2n) is 11.2. The van der Waals surface area contributed by atoms with Gasteiger partial charge >= 0.3 is 5.13 Å². The summed E-state index contributed by atoms with van der Waals surface area (Å²) < 4.78 is 0. The highest BCUT2D eigenvalue weighted by Crippen LogP contribution is 2.48. The van der Waals surface area contributed by atoms with Crippen molar-refractivity contribution >= 4 is 22.4 Å². The van der Waals surface area contributed by atoms with E-state index in [0.717, 1.165) is 51.7 Å². The van der Waals surface area contributed by atoms with Crippen molar-refractivity contribution in [2.45, 2.75) is 49.5 Å². The van der Waals surface area contributed by atoms with Crippen molar-refractivity contribution in [1.82, 2.24) is 4.90 Å². The van der Waals surface area contributed by atoms with Crippen LogP contribution < -0.4 is 52.4 Å². The number of likely N-dealkylation sites (tertiary alicyclic amines) is 1. The van der Waals surface area contributed by atoms with E-state index < -0.39 is 0 Å². The molecule has 0 radical (unpaired) electrons. The third kappa shape index (κ3) is 5.88. The maximum Gasteiger partial charge on any atom is 0.426 e. The fraction of sp³-hybridized carbons (Fsp3) is 0.467. The number of piperidine rings is 1. The summed E-state index contributed by atoms with van der Waals surface area (Å²) in [6.45, 7) is 2.77. The van der Waals surface area contributed by atoms with Gasteiger partial charge in [-0.25, -0.2) is 4.90 Å². The summed E-state index contributed by atoms with van der Waals surface area (Å²) in [7, 11) is 4.37. The van der Waals surface area contributed by atoms with E-state index in [4.69, 9.17) is 0 Å². The number of aromatic nitrogens is 1. The van der Waals surface area contributed by atoms with E-state index in [2.05, 4.69) is 90.0 Å². The lowest BCUT2D eigenvalue weighted by Crippen LogP contribution is -3.01. The first-order valence-corrected chi connectivity index (χ1v) is 14.5. The number of quaternary nitrogens is 2. The number of aryl methyl sites for hydroxylation is 1. The largest absolute Gasteiger partial charge is 1.00 e. The van der Waals surface area contributed by atoms with E-state index in [9.17, 15) is 4.79 Å². The van der Waals surface area contributed by atoms with Crippen LogP contribution in [0.5, 0.6) is 0 Å². The smallest absolute Gasteiger partial charge is 0.426 e. The molecule has 5 nitrogen and oxygen atoms in total. The molecular formula is C30H39Cl3N4OS. The average molecular weight is 610 g/mol. The number of benzene rings is 2. The first kappa shape index (κ1) is 31.9. The standard InChI is InChI=1S/C30H36N4OS.3ClH/c1-33(2)29-32-25-14-9-16-30(27(25)36-29)20-31-19-24(30)28(35)34-17-15-23(21-10-5-3-6-11-21)18-26(34)22-12-7-4-8-13-22;;;/h3-8,10-13,23-24,26,31H,9,14-20H2,1-2H3;3*1H/t23-,24+,26+,30-;;;/m1.../s1. The molecule has 2 aliphatic heterocycles. The number of thiazole rings is 1. The number of hydrogen-bond donors (Lipinski definition) is 2. The summed E-state index contributed by atoms with van der Waals surface area (Å²) in [5.74, 6) is 0.917. The SMILES string of the molecule is C[NH+](C)c1[nH+]c2c(s1)[C@]1(CCC2)C[NH2+]C[C@H]1C(=O)N1CC[C@@H](c2ccccc2)C[C@H]1c1ccccc1.[Cl-].[Cl-].[Cl-]. The summed E-state index contributed by atoms with van der Waals surface area (Å²) >= 11 is 1.92. The van der Waals surface area contributed by atoms with Gasteiger partial charge in [-0.15, -0.1) is 0 Å². The van der Waals surface area contributed by atoms with Crippen LogP contribution in [0.4, 0.5) is 5.13 Å². The molecule has 212 valence electrons. The van der Waals surface area contributed by atoms with Crippen molar-refractivity contribution in [2.75, 3.05) is 33.7 Å². The number of H-pyrrole nitrogens is 1. The van der Waals surface area contributed by atoms with Gasteiger partial charge in [0, 0.05) is 13.0 Å². The predicted molar refractivity (Wildman–Crippen MR) is 142 cm³/mol. The second kappa shape index (κ2) is 13.3. The lowest BCUT2D eigenvalue weighted by Gasteiger charge is -2.43. The molecule has 39 heavy (non-hydrogen) atoms. The first-order chi connectivity index (χ1) is 17.6. The number of carbonyl (C=O) groups is 1. The summed E-state index contributed by atoms with van der Waals surface area (Å²) in [5, 5.41) is 3.69. The number of amides is 1. The molecule has 2 saturated heterocycles. The van der Waals surface area contributed by atoms with E-state index in [1.807, 2.05) is 11.3 Å². The van der Waals surface area contributed by atoms with Gasteiger partial charge in [-0.2, -0.15) is 4.98 Å². The molecule has 1 amide bonds. The third-order valence-corrected chi connectivity index (χ3v) is 10.5. The zero-order valence-corrected chi connectivity index (χ0v) is 25.7. The Hall–Kier alpha value is -1.67. The van der Waals surface area contributed by atoms with Gasteiger partial charge in [0.1, 0.15) is 5.92 Å². The van der Waals surface area contributed by atoms with Gasteiger partial charge in [0.15, 0.2) is 5.69 Å². The lowest BCUT2D eigenvalue weighted by molar-refractivity contribution is -0.823. The third-order valence-electron chi connectivity index (χ3n) is 8.92. The summed E-state index contributed by atoms with van der Waals surface area (Å²) in [4.78, 5) is 23.3. The van der Waals surface area contributed by atoms with Gasteiger partial charge in [-0.1, -0.05) is 60.7 Å². The topological polar surface area (TPSA) is 55.5 Å². The van der Waals surface area contributed by atoms with E-state index in [-0.39, 0.29) is 54.6 Å². The molecule has 1 aromatic heterocycles. The van der Waals surface area contributed by atoms with Crippen LogP contribution in [0.1, 0.15) is 59.3 Å². The Labute approximate surface area is 255 Å². The van der Waals surface area contributed by atoms with E-state index >= 15 is 0 Å². The van der Waals surface area contributed by atoms with Gasteiger partial charge in [0.2, 0.25) is 5.91 Å². The molecule has 2 fully saturated rings. The molecule has 9 heteroatoms. The Morgan fingerprint density at radius 1 is 1.03 bits per heavy atom. The van der Waals surface area contributed by atoms with Crippen molar-refractivity contribution in [3.8, 4) is 0 Å². The maximum absolute atomic E-state index is 14.5. The van der Waals surface area contributed by atoms with Crippen LogP contribution in [-0.4, -0.2) is 44.5 Å². The summed E-state index contributed by atoms with van der Waals surface area (Å²) in [5.41, 5.74) is 4.03. The normalized spacial score (nSPS) is 25.8. The van der Waals surface area contributed by atoms with Crippen LogP contribution in [0, 0.1) is 5.92 Å². The van der Waals surface area contributed by atoms with Gasteiger partial charge < -0.3 is 47.4 Å². The minimum absolute atomic E-state index is 0. The molecule has 3 aliphatic rings. The molecule has 4 atom stereocenters. The van der Waals surface area contributed by atoms with Crippen molar-refractivity contribution in [3.63, 3.8) is 0 Å². The van der Waals surface area contributed by atoms with Crippen LogP contribution >= 0.6 is 11.3 Å². The zero-order valence-electron chi connectivity index (χ0n) is 22.6. The quantitative estimate of drug-likeness (QED) is 0.304. The molecular weight excluding hydrogens is 571 g/mol. The number of halogens is 3. The van der Waals surface area contributed by atoms with Crippen LogP contribution in [0.3, 0.4) is 0 Å². The highest BCUT2D eigenvalue weighted by Gasteiger charge is 2.58. The highest BCUT2D eigenvalue weighted by atomic mass is 35.5. The minimum Gasteiger partial charge on any atom is -1.00 e. The van der Waals surface area contributed by atoms with Crippen molar-refractivity contribution in [1.29, 1.82) is 0 Å². The van der Waals surface area contributed by atoms with Gasteiger partial charge in [-0.05, 0) is 54.1 Å². The number of carbonyl (C=O) groups excluding carboxylic acids is 1. The van der Waals surface area contributed by atoms with E-state index in [1.165, 1.54) is 31.7 Å². The number of aromatic amines is 1. The second-order valence-corrected chi connectivity index (χ2v) is 12.3. The average Bonchev–Trinajstić information content (AvgIpc) is 3.55. The van der Waals surface area contributed by atoms with Crippen molar-refractivity contribution in [3.05, 3.63) is 82.4 Å². The molecule has 6 rings (SSSR count). The number of rotatable bonds is 4. The van der Waals surface area contributed by atoms with Crippen LogP contribution in [-0.2, 0) is 16.6 Å². The number of fused-ring (bicyclic) bond motifs is 2. The van der Waals surface area contributed by atoms with Crippen LogP contribution in [0.2, 0.25) is 0 Å². The Morgan fingerprint density at radius 3 is 2.36 bits per heavy atom. The van der Waals surface area contributed by atoms with Crippen molar-refractivity contribution in [2.24, 2.45) is 5.92 Å². The van der Waals surface area contributed by atoms with Gasteiger partial charge in [0.25, 0.3) is 0 Å². The van der Waals surface area contributed by atoms with Crippen LogP contribution in [0.25, 0.3) is 0 Å². The maximum atomic E-state index is 14.5. The Morgan fingerprint density at radius 2 is 1.69 bits per heavy atom. The molecule has 1 aliphatic carbocycles. The lowest BCUT2D eigenvalue weighted by atomic mass is 9.68. The Bertz CT molecular complexity index is 1230. The van der Waals surface area contributed by atoms with E-state index in [1.54, 1.807) is 0 Å². The molecule has 1 spiro atoms. The molecule has 4 N–H and O–H groups in total. The summed E-state index contributed by atoms with van der Waals surface area (Å²) in [6.07, 6.45) is 5.43. The number of nitrogens with two attached hydrogens (primary N) is 1. The predicted octanol–water partition coefficient (Wildman–Crippen LogP) is -6.74. The molecule has 0 saturated carbocycles. The molecule has 2 aromatic carbocycles. The molecule has 3 heterocycles. The Balaban J connectivity index is 0.00000140. The number of hydrogen-bond acceptors (Lipinski definition) is 2. The van der Waals surface area contributed by atoms with Crippen LogP contribution in [0.15, 0.2) is 60.7 Å². The van der Waals surface area contributed by atoms with Gasteiger partial charge in [0.05, 0.1) is 43.5 Å². The fourth-order valence-corrected chi connectivity index (χ4v) is 8.46. The molecule has 0 bridgehead atoms. The Kier molecular flexibility index (Phi) is 10.9. The zero-order chi connectivity index (χ0) is 24.7.